The molecule has 0 fully saturated rings. The molecule has 0 bridgehead atoms. The van der Waals surface area contributed by atoms with E-state index in [1.165, 1.54) is 0 Å². The molecule has 1 unspecified atom stereocenters. The van der Waals surface area contributed by atoms with Crippen molar-refractivity contribution in [3.05, 3.63) is 0 Å². The smallest absolute Gasteiger partial charge is 0.200 e. The summed E-state index contributed by atoms with van der Waals surface area (Å²) < 4.78 is 225. The highest BCUT2D eigenvalue weighted by Gasteiger charge is 2.95. The summed E-state index contributed by atoms with van der Waals surface area (Å²) in [6, 6.07) is 0. The largest absolute Gasteiger partial charge is 0.460 e. The zero-order valence-corrected chi connectivity index (χ0v) is 22.3. The Labute approximate surface area is 226 Å². The van der Waals surface area contributed by atoms with Crippen LogP contribution in [0.3, 0.4) is 0 Å². The van der Waals surface area contributed by atoms with Crippen LogP contribution in [0.2, 0.25) is 0 Å². The quantitative estimate of drug-likeness (QED) is 0.0571. The molecule has 0 aliphatic carbocycles. The zero-order chi connectivity index (χ0) is 31.4. The van der Waals surface area contributed by atoms with Crippen LogP contribution in [0, 0.1) is 0 Å². The number of hydrogen-bond acceptors (Lipinski definition) is 0. The molecule has 0 saturated heterocycles. The van der Waals surface area contributed by atoms with Crippen molar-refractivity contribution < 1.29 is 74.6 Å². The van der Waals surface area contributed by atoms with Gasteiger partial charge in [0.2, 0.25) is 0 Å². The van der Waals surface area contributed by atoms with Crippen LogP contribution in [0.1, 0.15) is 77.6 Å². The number of unbranched alkanes of at least 4 members (excludes halogenated alkanes) is 8. The summed E-state index contributed by atoms with van der Waals surface area (Å²) in [4.78, 5) is 0. The molecule has 0 heterocycles. The van der Waals surface area contributed by atoms with E-state index in [2.05, 4.69) is 0 Å². The van der Waals surface area contributed by atoms with Crippen molar-refractivity contribution in [1.82, 2.24) is 0 Å². The molecule has 0 nitrogen and oxygen atoms in total. The normalized spacial score (nSPS) is 16.1. The van der Waals surface area contributed by atoms with Crippen molar-refractivity contribution in [2.24, 2.45) is 0 Å². The van der Waals surface area contributed by atoms with Gasteiger partial charge in [0, 0.05) is 10.3 Å². The number of hydrogen-bond donors (Lipinski definition) is 0. The molecule has 0 spiro atoms. The first-order valence-corrected chi connectivity index (χ1v) is 12.8. The Morgan fingerprint density at radius 3 is 1.10 bits per heavy atom. The van der Waals surface area contributed by atoms with Crippen LogP contribution in [-0.2, 0) is 0 Å². The minimum atomic E-state index is -8.58. The summed E-state index contributed by atoms with van der Waals surface area (Å²) >= 11 is 1.05. The highest BCUT2D eigenvalue weighted by Crippen LogP contribution is 2.64. The average Bonchev–Trinajstić information content (AvgIpc) is 2.76. The molecule has 0 rings (SSSR count). The Kier molecular flexibility index (Phi) is 13.1. The highest BCUT2D eigenvalue weighted by molar-refractivity contribution is 14.1. The fourth-order valence-electron chi connectivity index (χ4n) is 3.38. The van der Waals surface area contributed by atoms with Gasteiger partial charge in [-0.15, -0.1) is 0 Å². The van der Waals surface area contributed by atoms with E-state index in [1.807, 2.05) is 6.92 Å². The van der Waals surface area contributed by atoms with E-state index in [0.717, 1.165) is 61.1 Å². The fourth-order valence-corrected chi connectivity index (χ4v) is 4.37. The Morgan fingerprint density at radius 1 is 0.436 bits per heavy atom. The first kappa shape index (κ1) is 38.5. The van der Waals surface area contributed by atoms with Gasteiger partial charge in [0.1, 0.15) is 0 Å². The molecular weight excluding hydrogens is 702 g/mol. The van der Waals surface area contributed by atoms with E-state index in [0.29, 0.717) is 12.8 Å². The third kappa shape index (κ3) is 7.69. The second kappa shape index (κ2) is 13.2. The van der Waals surface area contributed by atoms with Crippen LogP contribution in [0.4, 0.5) is 74.6 Å². The molecule has 39 heavy (non-hydrogen) atoms. The maximum atomic E-state index is 14.0. The van der Waals surface area contributed by atoms with Crippen molar-refractivity contribution in [2.75, 3.05) is 0 Å². The van der Waals surface area contributed by atoms with Crippen LogP contribution in [0.15, 0.2) is 0 Å². The lowest BCUT2D eigenvalue weighted by Gasteiger charge is -2.43. The summed E-state index contributed by atoms with van der Waals surface area (Å²) in [5, 5.41) is 0. The second-order valence-corrected chi connectivity index (χ2v) is 10.8. The third-order valence-corrected chi connectivity index (χ3v) is 6.95. The molecule has 1 atom stereocenters. The van der Waals surface area contributed by atoms with Gasteiger partial charge in [0.15, 0.2) is 0 Å². The van der Waals surface area contributed by atoms with E-state index in [-0.39, 0.29) is 12.8 Å². The van der Waals surface area contributed by atoms with Gasteiger partial charge < -0.3 is 0 Å². The summed E-state index contributed by atoms with van der Waals surface area (Å²) in [5.41, 5.74) is 0. The van der Waals surface area contributed by atoms with Crippen LogP contribution in [0.25, 0.3) is 0 Å². The molecule has 0 aromatic rings. The van der Waals surface area contributed by atoms with E-state index in [4.69, 9.17) is 0 Å². The van der Waals surface area contributed by atoms with Crippen molar-refractivity contribution in [2.45, 2.75) is 129 Å². The zero-order valence-electron chi connectivity index (χ0n) is 20.2. The first-order valence-electron chi connectivity index (χ1n) is 11.6. The fraction of sp³-hybridized carbons (Fsp3) is 1.00. The van der Waals surface area contributed by atoms with Gasteiger partial charge in [-0.05, 0) is 6.42 Å². The predicted molar refractivity (Wildman–Crippen MR) is 115 cm³/mol. The van der Waals surface area contributed by atoms with E-state index in [1.54, 1.807) is 0 Å². The van der Waals surface area contributed by atoms with E-state index >= 15 is 0 Å². The number of alkyl halides is 18. The molecule has 0 aromatic carbocycles. The summed E-state index contributed by atoms with van der Waals surface area (Å²) in [6.45, 7) is 2.00. The third-order valence-electron chi connectivity index (χ3n) is 5.89. The lowest BCUT2D eigenvalue weighted by Crippen LogP contribution is -2.74. The van der Waals surface area contributed by atoms with Crippen LogP contribution in [-0.4, -0.2) is 51.6 Å². The molecule has 236 valence electrons. The molecule has 0 amide bonds. The molecule has 0 N–H and O–H groups in total. The predicted octanol–water partition coefficient (Wildman–Crippen LogP) is 11.1. The SMILES string of the molecule is CCCCCCCCCCCC(I)CC(F)(F)C(F)(F)C(F)(F)C(F)(F)C(F)(F)C(F)(F)C(F)(F)C(F)(F)F. The number of rotatable bonds is 18. The van der Waals surface area contributed by atoms with Crippen molar-refractivity contribution in [3.8, 4) is 0 Å². The van der Waals surface area contributed by atoms with Gasteiger partial charge in [-0.2, -0.15) is 74.6 Å². The molecule has 0 aliphatic heterocycles. The Hall–Kier alpha value is -0.460. The van der Waals surface area contributed by atoms with Crippen LogP contribution in [0.5, 0.6) is 0 Å². The summed E-state index contributed by atoms with van der Waals surface area (Å²) in [6.07, 6.45) is -3.90. The number of halogens is 18. The minimum Gasteiger partial charge on any atom is -0.200 e. The van der Waals surface area contributed by atoms with E-state index < -0.39 is 58.0 Å². The maximum absolute atomic E-state index is 14.0. The summed E-state index contributed by atoms with van der Waals surface area (Å²) in [5.74, 6) is -55.8. The molecule has 18 heteroatoms. The van der Waals surface area contributed by atoms with Crippen LogP contribution < -0.4 is 0 Å². The Morgan fingerprint density at radius 2 is 0.744 bits per heavy atom. The summed E-state index contributed by atoms with van der Waals surface area (Å²) in [7, 11) is 0. The molecule has 0 radical (unpaired) electrons. The standard InChI is InChI=1S/C21H26F17I/c1-2-3-4-5-6-7-8-9-10-11-13(39)12-14(22,23)15(24,25)16(26,27)17(28,29)18(30,31)19(32,33)20(34,35)21(36,37)38/h13H,2-12H2,1H3. The van der Waals surface area contributed by atoms with Gasteiger partial charge >= 0.3 is 47.6 Å². The van der Waals surface area contributed by atoms with Crippen molar-refractivity contribution in [1.29, 1.82) is 0 Å². The van der Waals surface area contributed by atoms with Gasteiger partial charge in [-0.3, -0.25) is 0 Å². The molecular formula is C21H26F17I. The topological polar surface area (TPSA) is 0 Å². The van der Waals surface area contributed by atoms with Gasteiger partial charge in [0.25, 0.3) is 0 Å². The molecule has 0 aliphatic rings. The van der Waals surface area contributed by atoms with Crippen molar-refractivity contribution >= 4 is 22.6 Å². The van der Waals surface area contributed by atoms with Crippen molar-refractivity contribution in [3.63, 3.8) is 0 Å². The Bertz CT molecular complexity index is 745. The maximum Gasteiger partial charge on any atom is 0.460 e. The average molecular weight is 728 g/mol. The van der Waals surface area contributed by atoms with Gasteiger partial charge in [0.05, 0.1) is 0 Å². The van der Waals surface area contributed by atoms with Crippen LogP contribution >= 0.6 is 22.6 Å². The molecule has 0 saturated carbocycles. The van der Waals surface area contributed by atoms with E-state index in [9.17, 15) is 74.6 Å². The highest BCUT2D eigenvalue weighted by atomic mass is 127. The van der Waals surface area contributed by atoms with Gasteiger partial charge in [-0.25, -0.2) is 0 Å². The lowest BCUT2D eigenvalue weighted by molar-refractivity contribution is -0.461. The Balaban J connectivity index is 5.62. The minimum absolute atomic E-state index is 0.0770. The lowest BCUT2D eigenvalue weighted by atomic mass is 9.87. The van der Waals surface area contributed by atoms with Gasteiger partial charge in [-0.1, -0.05) is 87.3 Å². The monoisotopic (exact) mass is 728 g/mol. The second-order valence-electron chi connectivity index (χ2n) is 9.07. The molecule has 0 aromatic heterocycles. The first-order chi connectivity index (χ1) is 17.2.